The van der Waals surface area contributed by atoms with Crippen LogP contribution < -0.4 is 0 Å². The highest BCUT2D eigenvalue weighted by molar-refractivity contribution is 5.93. The zero-order valence-corrected chi connectivity index (χ0v) is 16.3. The Kier molecular flexibility index (Phi) is 5.74. The minimum absolute atomic E-state index is 0.0484. The SMILES string of the molecule is O=C(CCC1CCCC1)N1CCN(C(=O)c2cc(-c3ccccc3)n[nH]2)CC1. The molecule has 1 saturated heterocycles. The van der Waals surface area contributed by atoms with Crippen molar-refractivity contribution in [2.75, 3.05) is 26.2 Å². The van der Waals surface area contributed by atoms with Crippen LogP contribution in [-0.4, -0.2) is 58.0 Å². The molecule has 2 fully saturated rings. The summed E-state index contributed by atoms with van der Waals surface area (Å²) in [5.41, 5.74) is 2.25. The fourth-order valence-electron chi connectivity index (χ4n) is 4.30. The van der Waals surface area contributed by atoms with Gasteiger partial charge in [-0.15, -0.1) is 0 Å². The van der Waals surface area contributed by atoms with Gasteiger partial charge in [0.1, 0.15) is 5.69 Å². The number of benzene rings is 1. The van der Waals surface area contributed by atoms with E-state index in [4.69, 9.17) is 0 Å². The zero-order valence-electron chi connectivity index (χ0n) is 16.3. The van der Waals surface area contributed by atoms with Gasteiger partial charge in [0, 0.05) is 38.2 Å². The molecule has 148 valence electrons. The molecule has 1 aliphatic carbocycles. The molecule has 4 rings (SSSR count). The second-order valence-corrected chi connectivity index (χ2v) is 7.90. The highest BCUT2D eigenvalue weighted by atomic mass is 16.2. The molecule has 2 aromatic rings. The molecule has 28 heavy (non-hydrogen) atoms. The van der Waals surface area contributed by atoms with Crippen molar-refractivity contribution in [1.82, 2.24) is 20.0 Å². The topological polar surface area (TPSA) is 69.3 Å². The lowest BCUT2D eigenvalue weighted by molar-refractivity contribution is -0.133. The summed E-state index contributed by atoms with van der Waals surface area (Å²) >= 11 is 0. The molecular formula is C22H28N4O2. The number of rotatable bonds is 5. The Morgan fingerprint density at radius 1 is 1.00 bits per heavy atom. The maximum Gasteiger partial charge on any atom is 0.272 e. The average molecular weight is 380 g/mol. The van der Waals surface area contributed by atoms with E-state index in [1.54, 1.807) is 6.07 Å². The van der Waals surface area contributed by atoms with Crippen molar-refractivity contribution in [3.05, 3.63) is 42.1 Å². The maximum atomic E-state index is 12.8. The van der Waals surface area contributed by atoms with Gasteiger partial charge in [-0.25, -0.2) is 0 Å². The van der Waals surface area contributed by atoms with E-state index in [2.05, 4.69) is 10.2 Å². The number of nitrogens with zero attached hydrogens (tertiary/aromatic N) is 3. The van der Waals surface area contributed by atoms with Crippen molar-refractivity contribution in [3.63, 3.8) is 0 Å². The van der Waals surface area contributed by atoms with Crippen LogP contribution in [0.3, 0.4) is 0 Å². The predicted molar refractivity (Wildman–Crippen MR) is 108 cm³/mol. The standard InChI is InChI=1S/C22H28N4O2/c27-21(11-10-17-6-4-5-7-17)25-12-14-26(15-13-25)22(28)20-16-19(23-24-20)18-8-2-1-3-9-18/h1-3,8-9,16-17H,4-7,10-15H2,(H,23,24). The van der Waals surface area contributed by atoms with Gasteiger partial charge < -0.3 is 9.80 Å². The molecule has 2 aliphatic rings. The molecule has 0 bridgehead atoms. The van der Waals surface area contributed by atoms with Crippen molar-refractivity contribution >= 4 is 11.8 Å². The molecule has 1 aromatic carbocycles. The van der Waals surface area contributed by atoms with E-state index in [1.807, 2.05) is 40.1 Å². The normalized spacial score (nSPS) is 17.9. The summed E-state index contributed by atoms with van der Waals surface area (Å²) in [5.74, 6) is 0.936. The zero-order chi connectivity index (χ0) is 19.3. The molecule has 0 spiro atoms. The third-order valence-electron chi connectivity index (χ3n) is 6.04. The van der Waals surface area contributed by atoms with Crippen LogP contribution in [-0.2, 0) is 4.79 Å². The molecule has 1 aliphatic heterocycles. The number of aromatic nitrogens is 2. The van der Waals surface area contributed by atoms with E-state index >= 15 is 0 Å². The van der Waals surface area contributed by atoms with E-state index < -0.39 is 0 Å². The molecule has 2 amide bonds. The van der Waals surface area contributed by atoms with E-state index in [9.17, 15) is 9.59 Å². The molecule has 0 unspecified atom stereocenters. The third kappa shape index (κ3) is 4.26. The quantitative estimate of drug-likeness (QED) is 0.865. The number of aromatic amines is 1. The van der Waals surface area contributed by atoms with E-state index in [-0.39, 0.29) is 11.8 Å². The summed E-state index contributed by atoms with van der Waals surface area (Å²) in [6.45, 7) is 2.39. The Labute approximate surface area is 165 Å². The van der Waals surface area contributed by atoms with Crippen LogP contribution in [0.5, 0.6) is 0 Å². The largest absolute Gasteiger partial charge is 0.339 e. The van der Waals surface area contributed by atoms with Crippen LogP contribution in [0.15, 0.2) is 36.4 Å². The summed E-state index contributed by atoms with van der Waals surface area (Å²) in [6.07, 6.45) is 6.88. The molecule has 6 nitrogen and oxygen atoms in total. The molecular weight excluding hydrogens is 352 g/mol. The number of carbonyl (C=O) groups excluding carboxylic acids is 2. The second-order valence-electron chi connectivity index (χ2n) is 7.90. The van der Waals surface area contributed by atoms with Crippen LogP contribution in [0.25, 0.3) is 11.3 Å². The van der Waals surface area contributed by atoms with Crippen molar-refractivity contribution in [1.29, 1.82) is 0 Å². The van der Waals surface area contributed by atoms with E-state index in [1.165, 1.54) is 25.7 Å². The first-order valence-corrected chi connectivity index (χ1v) is 10.4. The number of carbonyl (C=O) groups is 2. The van der Waals surface area contributed by atoms with Crippen LogP contribution in [0.1, 0.15) is 49.0 Å². The number of hydrogen-bond acceptors (Lipinski definition) is 3. The van der Waals surface area contributed by atoms with Crippen molar-refractivity contribution in [3.8, 4) is 11.3 Å². The lowest BCUT2D eigenvalue weighted by Crippen LogP contribution is -2.50. The Morgan fingerprint density at radius 2 is 1.68 bits per heavy atom. The molecule has 0 radical (unpaired) electrons. The molecule has 1 aromatic heterocycles. The first-order chi connectivity index (χ1) is 13.7. The van der Waals surface area contributed by atoms with Crippen LogP contribution >= 0.6 is 0 Å². The lowest BCUT2D eigenvalue weighted by atomic mass is 10.0. The number of H-pyrrole nitrogens is 1. The molecule has 0 atom stereocenters. The molecule has 1 saturated carbocycles. The second kappa shape index (κ2) is 8.59. The van der Waals surface area contributed by atoms with E-state index in [0.29, 0.717) is 38.3 Å². The summed E-state index contributed by atoms with van der Waals surface area (Å²) in [5, 5.41) is 7.14. The highest BCUT2D eigenvalue weighted by Crippen LogP contribution is 2.28. The fourth-order valence-corrected chi connectivity index (χ4v) is 4.30. The van der Waals surface area contributed by atoms with Gasteiger partial charge in [-0.1, -0.05) is 56.0 Å². The minimum atomic E-state index is -0.0484. The maximum absolute atomic E-state index is 12.8. The molecule has 6 heteroatoms. The Balaban J connectivity index is 1.28. The summed E-state index contributed by atoms with van der Waals surface area (Å²) in [6, 6.07) is 11.6. The van der Waals surface area contributed by atoms with Crippen LogP contribution in [0.4, 0.5) is 0 Å². The van der Waals surface area contributed by atoms with Crippen molar-refractivity contribution in [2.24, 2.45) is 5.92 Å². The predicted octanol–water partition coefficient (Wildman–Crippen LogP) is 3.33. The molecule has 1 N–H and O–H groups in total. The van der Waals surface area contributed by atoms with Gasteiger partial charge in [0.05, 0.1) is 5.69 Å². The van der Waals surface area contributed by atoms with Gasteiger partial charge in [0.25, 0.3) is 5.91 Å². The smallest absolute Gasteiger partial charge is 0.272 e. The van der Waals surface area contributed by atoms with Gasteiger partial charge in [0.15, 0.2) is 0 Å². The Morgan fingerprint density at radius 3 is 2.39 bits per heavy atom. The Hall–Kier alpha value is -2.63. The van der Waals surface area contributed by atoms with Crippen molar-refractivity contribution in [2.45, 2.75) is 38.5 Å². The number of hydrogen-bond donors (Lipinski definition) is 1. The summed E-state index contributed by atoms with van der Waals surface area (Å²) in [7, 11) is 0. The fraction of sp³-hybridized carbons (Fsp3) is 0.500. The first-order valence-electron chi connectivity index (χ1n) is 10.4. The highest BCUT2D eigenvalue weighted by Gasteiger charge is 2.26. The van der Waals surface area contributed by atoms with Gasteiger partial charge >= 0.3 is 0 Å². The van der Waals surface area contributed by atoms with Gasteiger partial charge in [-0.05, 0) is 18.4 Å². The third-order valence-corrected chi connectivity index (χ3v) is 6.04. The van der Waals surface area contributed by atoms with Crippen LogP contribution in [0, 0.1) is 5.92 Å². The average Bonchev–Trinajstić information content (AvgIpc) is 3.44. The van der Waals surface area contributed by atoms with Crippen LogP contribution in [0.2, 0.25) is 0 Å². The van der Waals surface area contributed by atoms with E-state index in [0.717, 1.165) is 23.6 Å². The minimum Gasteiger partial charge on any atom is -0.339 e. The summed E-state index contributed by atoms with van der Waals surface area (Å²) in [4.78, 5) is 29.0. The molecule has 2 heterocycles. The van der Waals surface area contributed by atoms with Gasteiger partial charge in [-0.2, -0.15) is 5.10 Å². The number of amides is 2. The van der Waals surface area contributed by atoms with Gasteiger partial charge in [0.2, 0.25) is 5.91 Å². The number of nitrogens with one attached hydrogen (secondary N) is 1. The Bertz CT molecular complexity index is 803. The monoisotopic (exact) mass is 380 g/mol. The number of piperazine rings is 1. The first kappa shape index (κ1) is 18.7. The van der Waals surface area contributed by atoms with Gasteiger partial charge in [-0.3, -0.25) is 14.7 Å². The summed E-state index contributed by atoms with van der Waals surface area (Å²) < 4.78 is 0. The lowest BCUT2D eigenvalue weighted by Gasteiger charge is -2.34. The van der Waals surface area contributed by atoms with Crippen molar-refractivity contribution < 1.29 is 9.59 Å².